The Balaban J connectivity index is 0.000000773. The largest absolute Gasteiger partial charge is 0.444 e. The summed E-state index contributed by atoms with van der Waals surface area (Å²) in [6.45, 7) is -3.85. The number of hydrogen-bond donors (Lipinski definition) is 18. The number of phenolic OH excluding ortho intramolecular Hbond substituents is 1. The molecule has 4 aromatic rings. The van der Waals surface area contributed by atoms with Crippen LogP contribution in [0, 0.1) is 0 Å². The van der Waals surface area contributed by atoms with Gasteiger partial charge < -0.3 is 88.4 Å². The van der Waals surface area contributed by atoms with Crippen molar-refractivity contribution < 1.29 is 153 Å². The fourth-order valence-corrected chi connectivity index (χ4v) is 15.1. The van der Waals surface area contributed by atoms with Crippen molar-refractivity contribution in [2.24, 2.45) is 0 Å². The van der Waals surface area contributed by atoms with E-state index in [0.29, 0.717) is 34.2 Å². The van der Waals surface area contributed by atoms with Crippen LogP contribution in [0.4, 0.5) is 11.4 Å². The summed E-state index contributed by atoms with van der Waals surface area (Å²) < 4.78 is 102. The van der Waals surface area contributed by atoms with Crippen molar-refractivity contribution >= 4 is 105 Å². The molecule has 0 fully saturated rings. The summed E-state index contributed by atoms with van der Waals surface area (Å²) in [5.74, 6) is -1.85. The Labute approximate surface area is 580 Å². The molecule has 4 aromatic carbocycles. The van der Waals surface area contributed by atoms with Crippen molar-refractivity contribution in [1.82, 2.24) is 9.37 Å². The van der Waals surface area contributed by atoms with Crippen LogP contribution >= 0.6 is 13.8 Å². The van der Waals surface area contributed by atoms with E-state index in [2.05, 4.69) is 22.9 Å². The molecule has 0 amide bonds. The molecule has 1 unspecified atom stereocenters. The molecule has 560 valence electrons. The standard InChI is InChI=1S/C26H31N3O12S2.C21H22NO10PS.C4H10O2.C3H8O2.CH3O2PS.CH4O2.2CH2O/c30-9-5-28(6-10-31)41-42(36,37)19-2-4-21-23(15-19)27-24(26(21)35)22-14-18-13-17(1-3-20(18)25(22)34)16-40-43(38,39)29(7-11-32)8-12-33;23-8-33(9-24,10-25,11-26)32-34(30,31)14-2-4-16-18(7-14)22-19(21(16)29)17-6-12-5-13(27)1-3-15(12)20(17)28;5-3-1-2-4-6;4-2-1-3-5;2-1-4(3)5;2-1-3;2*1-2/h1-4,13,15,27,30-33H,5-12,14,16H2;1-5,7,22-27H,6,8-11H2;5-6H,1-4H2;4-5H,1-3H2;2H,1H2;2-3H,1H2;2*1H2/b24-22-;19-17-;;;;;;. The van der Waals surface area contributed by atoms with Gasteiger partial charge in [0.25, 0.3) is 0 Å². The number of Topliss-reactive ketones (excluding diaryl/α,β-unsaturated/α-hetero) is 4. The molecule has 0 saturated carbocycles. The maximum atomic E-state index is 13.2. The number of hydrogen-bond acceptors (Lipinski definition) is 36. The van der Waals surface area contributed by atoms with E-state index in [1.165, 1.54) is 54.6 Å². The average Bonchev–Trinajstić information content (AvgIpc) is 1.75. The molecule has 18 N–H and O–H groups in total. The molecule has 2 aliphatic heterocycles. The first-order valence-electron chi connectivity index (χ1n) is 29.0. The maximum absolute atomic E-state index is 13.2. The third kappa shape index (κ3) is 25.3. The van der Waals surface area contributed by atoms with Crippen LogP contribution in [0.3, 0.4) is 0 Å². The van der Waals surface area contributed by atoms with E-state index in [1.54, 1.807) is 6.07 Å². The van der Waals surface area contributed by atoms with Crippen LogP contribution in [0.15, 0.2) is 105 Å². The van der Waals surface area contributed by atoms with Gasteiger partial charge in [-0.05, 0) is 48.6 Å². The number of rotatable bonds is 28. The molecule has 36 nitrogen and oxygen atoms in total. The second-order valence-corrected chi connectivity index (χ2v) is 32.5. The number of aromatic hydroxyl groups is 1. The van der Waals surface area contributed by atoms with Crippen molar-refractivity contribution in [2.75, 3.05) is 128 Å². The number of benzene rings is 4. The average molecular weight is 1540 g/mol. The monoisotopic (exact) mass is 1540 g/mol. The van der Waals surface area contributed by atoms with Crippen LogP contribution in [0.2, 0.25) is 0 Å². The summed E-state index contributed by atoms with van der Waals surface area (Å²) in [7, 11) is -15.0. The third-order valence-corrected chi connectivity index (χ3v) is 23.1. The second-order valence-electron chi connectivity index (χ2n) is 20.4. The Morgan fingerprint density at radius 1 is 0.500 bits per heavy atom. The molecule has 0 spiro atoms. The van der Waals surface area contributed by atoms with Gasteiger partial charge in [-0.1, -0.05) is 22.8 Å². The van der Waals surface area contributed by atoms with E-state index in [-0.39, 0.29) is 140 Å². The molecule has 0 aromatic heterocycles. The van der Waals surface area contributed by atoms with Gasteiger partial charge in [0, 0.05) is 75.7 Å². The van der Waals surface area contributed by atoms with Crippen LogP contribution in [0.25, 0.3) is 0 Å². The minimum atomic E-state index is -4.70. The van der Waals surface area contributed by atoms with E-state index >= 15 is 0 Å². The van der Waals surface area contributed by atoms with Crippen LogP contribution in [-0.4, -0.2) is 271 Å². The Kier molecular flexibility index (Phi) is 41.2. The number of unbranched alkanes of at least 4 members (excludes halogenated alkanes) is 1. The van der Waals surface area contributed by atoms with Crippen LogP contribution in [0.1, 0.15) is 77.4 Å². The number of nitrogens with one attached hydrogen (secondary N) is 2. The zero-order chi connectivity index (χ0) is 76.2. The molecule has 2 heterocycles. The Bertz CT molecular complexity index is 3760. The van der Waals surface area contributed by atoms with E-state index in [4.69, 9.17) is 78.2 Å². The van der Waals surface area contributed by atoms with Gasteiger partial charge in [-0.25, -0.2) is 0 Å². The van der Waals surface area contributed by atoms with Crippen LogP contribution < -0.4 is 10.6 Å². The number of fused-ring (bicyclic) bond motifs is 4. The number of carbonyl (C=O) groups is 6. The first kappa shape index (κ1) is 91.7. The van der Waals surface area contributed by atoms with Crippen LogP contribution in [0.5, 0.6) is 5.75 Å². The van der Waals surface area contributed by atoms with Gasteiger partial charge in [0.2, 0.25) is 19.1 Å². The van der Waals surface area contributed by atoms with Crippen molar-refractivity contribution in [1.29, 1.82) is 0 Å². The first-order valence-corrected chi connectivity index (χ1v) is 38.6. The van der Waals surface area contributed by atoms with Crippen LogP contribution in [-0.2, 0) is 88.8 Å². The minimum Gasteiger partial charge on any atom is -0.444 e. The maximum Gasteiger partial charge on any atom is 0.234 e. The number of phenols is 1. The Hall–Kier alpha value is -6.29. The molecule has 4 aliphatic rings. The SMILES string of the molecule is C=O.C=O.O=C1/C(=C2\Nc3cc(S(=O)(=O)ON(CCO)CCO)ccc3C2=O)Cc2cc(COS(=O)(=O)N(CCO)CCO)ccc21.O=C1/C(=C2\Nc3cc(S(=O)(=O)OP(CO)(CO)(CO)CO)ccc3C2=O)Cc2cc(O)ccc21.O=[P+]([S-])CO.OCCCCO.OCCCO.OCO. The molecular formula is C58H82N4O32P2S4. The molecule has 0 bridgehead atoms. The normalized spacial score (nSPS) is 15.4. The van der Waals surface area contributed by atoms with Gasteiger partial charge in [0.15, 0.2) is 5.78 Å². The van der Waals surface area contributed by atoms with Gasteiger partial charge in [0.1, 0.15) is 20.4 Å². The molecule has 8 rings (SSSR count). The Morgan fingerprint density at radius 2 is 0.880 bits per heavy atom. The van der Waals surface area contributed by atoms with Crippen molar-refractivity contribution in [3.8, 4) is 5.75 Å². The topological polar surface area (TPSA) is 604 Å². The third-order valence-electron chi connectivity index (χ3n) is 13.7. The minimum absolute atomic E-state index is 0.0118. The van der Waals surface area contributed by atoms with Gasteiger partial charge in [-0.3, -0.25) is 13.8 Å². The number of aliphatic hydroxyl groups excluding tert-OH is 14. The summed E-state index contributed by atoms with van der Waals surface area (Å²) in [5.41, 5.74) is 2.96. The summed E-state index contributed by atoms with van der Waals surface area (Å²) in [4.78, 5) is 67.4. The van der Waals surface area contributed by atoms with E-state index in [0.717, 1.165) is 34.3 Å². The smallest absolute Gasteiger partial charge is 0.234 e. The molecular weight excluding hydrogens is 1450 g/mol. The van der Waals surface area contributed by atoms with E-state index in [1.807, 2.05) is 13.6 Å². The van der Waals surface area contributed by atoms with Gasteiger partial charge >= 0.3 is 209 Å². The predicted octanol–water partition coefficient (Wildman–Crippen LogP) is -2.49. The predicted molar refractivity (Wildman–Crippen MR) is 358 cm³/mol. The molecule has 1 atom stereocenters. The summed E-state index contributed by atoms with van der Waals surface area (Å²) in [6.07, 6.45) is -2.60. The van der Waals surface area contributed by atoms with Crippen molar-refractivity contribution in [3.05, 3.63) is 134 Å². The first-order chi connectivity index (χ1) is 47.5. The second kappa shape index (κ2) is 44.9. The van der Waals surface area contributed by atoms with Gasteiger partial charge in [-0.2, -0.15) is 30.5 Å². The fraction of sp³-hybridized carbons (Fsp3) is 0.414. The molecule has 42 heteroatoms. The molecule has 2 aliphatic carbocycles. The number of allylic oxidation sites excluding steroid dienone is 4. The summed E-state index contributed by atoms with van der Waals surface area (Å²) >= 11 is 4.04. The van der Waals surface area contributed by atoms with Crippen molar-refractivity contribution in [3.63, 3.8) is 0 Å². The van der Waals surface area contributed by atoms with E-state index < -0.39 is 125 Å². The number of nitrogens with zero attached hydrogens (tertiary/aromatic N) is 2. The summed E-state index contributed by atoms with van der Waals surface area (Å²) in [5, 5.41) is 145. The number of aliphatic hydroxyl groups is 15. The zero-order valence-corrected chi connectivity index (χ0v) is 58.5. The molecule has 0 radical (unpaired) electrons. The molecule has 100 heavy (non-hydrogen) atoms. The Morgan fingerprint density at radius 3 is 1.25 bits per heavy atom. The van der Waals surface area contributed by atoms with Gasteiger partial charge in [0.05, 0.1) is 49.3 Å². The van der Waals surface area contributed by atoms with E-state index in [9.17, 15) is 74.5 Å². The fourth-order valence-electron chi connectivity index (χ4n) is 8.70. The zero-order valence-electron chi connectivity index (χ0n) is 53.4. The number of carbonyl (C=O) groups excluding carboxylic acids is 6. The quantitative estimate of drug-likeness (QED) is 0.00698. The number of ketones is 4. The number of hydroxylamine groups is 2. The summed E-state index contributed by atoms with van der Waals surface area (Å²) in [6, 6.07) is 15.9. The number of anilines is 2. The molecule has 0 saturated heterocycles. The van der Waals surface area contributed by atoms with Gasteiger partial charge in [-0.15, -0.1) is 0 Å². The van der Waals surface area contributed by atoms with Crippen molar-refractivity contribution in [2.45, 2.75) is 48.5 Å².